The molecule has 2 amide bonds. The summed E-state index contributed by atoms with van der Waals surface area (Å²) in [6, 6.07) is 6.14. The highest BCUT2D eigenvalue weighted by Gasteiger charge is 2.49. The largest absolute Gasteiger partial charge is 0.465 e. The number of methoxy groups -OCH3 is 1. The van der Waals surface area contributed by atoms with Gasteiger partial charge in [0.25, 0.3) is 5.91 Å². The number of carbonyl (C=O) groups excluding carboxylic acids is 3. The zero-order valence-corrected chi connectivity index (χ0v) is 22.0. The average Bonchev–Trinajstić information content (AvgIpc) is 3.10. The molecule has 188 valence electrons. The van der Waals surface area contributed by atoms with Crippen LogP contribution in [0, 0.1) is 27.7 Å². The van der Waals surface area contributed by atoms with Crippen molar-refractivity contribution in [2.45, 2.75) is 71.4 Å². The van der Waals surface area contributed by atoms with Crippen LogP contribution in [-0.2, 0) is 24.3 Å². The molecule has 8 nitrogen and oxygen atoms in total. The molecule has 2 aromatic rings. The first kappa shape index (κ1) is 26.6. The van der Waals surface area contributed by atoms with Crippen LogP contribution in [0.1, 0.15) is 59.3 Å². The van der Waals surface area contributed by atoms with Gasteiger partial charge in [0.2, 0.25) is 15.9 Å². The number of sulfonamides is 1. The summed E-state index contributed by atoms with van der Waals surface area (Å²) < 4.78 is 34.1. The Morgan fingerprint density at radius 1 is 1.09 bits per heavy atom. The molecule has 0 spiro atoms. The molecule has 0 radical (unpaired) electrons. The maximum absolute atomic E-state index is 14.1. The summed E-state index contributed by atoms with van der Waals surface area (Å²) in [6.07, 6.45) is 0.206. The maximum Gasteiger partial charge on any atom is 0.337 e. The number of esters is 1. The molecule has 35 heavy (non-hydrogen) atoms. The van der Waals surface area contributed by atoms with Gasteiger partial charge in [-0.05, 0) is 87.6 Å². The minimum atomic E-state index is -4.11. The van der Waals surface area contributed by atoms with Gasteiger partial charge in [-0.2, -0.15) is 4.31 Å². The fourth-order valence-corrected chi connectivity index (χ4v) is 6.94. The van der Waals surface area contributed by atoms with Gasteiger partial charge in [0.15, 0.2) is 0 Å². The predicted octanol–water partition coefficient (Wildman–Crippen LogP) is 3.83. The van der Waals surface area contributed by atoms with E-state index in [0.29, 0.717) is 17.5 Å². The zero-order valence-electron chi connectivity index (χ0n) is 21.2. The second-order valence-corrected chi connectivity index (χ2v) is 10.8. The number of hydrogen-bond donors (Lipinski definition) is 0. The van der Waals surface area contributed by atoms with E-state index in [9.17, 15) is 22.8 Å². The minimum Gasteiger partial charge on any atom is -0.465 e. The van der Waals surface area contributed by atoms with Gasteiger partial charge in [-0.3, -0.25) is 9.59 Å². The van der Waals surface area contributed by atoms with Crippen LogP contribution < -0.4 is 4.90 Å². The highest BCUT2D eigenvalue weighted by Crippen LogP contribution is 2.35. The van der Waals surface area contributed by atoms with Crippen molar-refractivity contribution in [1.29, 1.82) is 0 Å². The van der Waals surface area contributed by atoms with Crippen molar-refractivity contribution >= 4 is 33.5 Å². The van der Waals surface area contributed by atoms with Gasteiger partial charge in [0, 0.05) is 6.04 Å². The second-order valence-electron chi connectivity index (χ2n) is 9.01. The number of carbonyl (C=O) groups is 3. The first-order valence-corrected chi connectivity index (χ1v) is 13.0. The molecule has 0 saturated carbocycles. The molecule has 0 aliphatic carbocycles. The van der Waals surface area contributed by atoms with Crippen molar-refractivity contribution in [2.24, 2.45) is 0 Å². The van der Waals surface area contributed by atoms with Gasteiger partial charge in [-0.15, -0.1) is 0 Å². The van der Waals surface area contributed by atoms with Crippen LogP contribution in [0.15, 0.2) is 35.2 Å². The van der Waals surface area contributed by atoms with Crippen molar-refractivity contribution in [1.82, 2.24) is 4.31 Å². The van der Waals surface area contributed by atoms with Crippen LogP contribution >= 0.6 is 0 Å². The Morgan fingerprint density at radius 2 is 1.63 bits per heavy atom. The third kappa shape index (κ3) is 4.62. The Labute approximate surface area is 206 Å². The molecular formula is C26H32N2O6S. The molecule has 0 bridgehead atoms. The third-order valence-electron chi connectivity index (χ3n) is 6.83. The van der Waals surface area contributed by atoms with Crippen molar-refractivity contribution in [3.8, 4) is 0 Å². The molecule has 2 atom stereocenters. The van der Waals surface area contributed by atoms with Crippen molar-refractivity contribution in [2.75, 3.05) is 12.0 Å². The summed E-state index contributed by atoms with van der Waals surface area (Å²) in [7, 11) is -2.85. The minimum absolute atomic E-state index is 0.191. The van der Waals surface area contributed by atoms with Crippen molar-refractivity contribution in [3.05, 3.63) is 58.1 Å². The number of imide groups is 1. The predicted molar refractivity (Wildman–Crippen MR) is 133 cm³/mol. The normalized spacial score (nSPS) is 17.3. The lowest BCUT2D eigenvalue weighted by molar-refractivity contribution is -0.122. The fraction of sp³-hybridized carbons (Fsp3) is 0.423. The lowest BCUT2D eigenvalue weighted by Crippen LogP contribution is -2.49. The Balaban J connectivity index is 2.08. The topological polar surface area (TPSA) is 101 Å². The summed E-state index contributed by atoms with van der Waals surface area (Å²) in [5, 5.41) is 0. The number of hydrogen-bond acceptors (Lipinski definition) is 6. The summed E-state index contributed by atoms with van der Waals surface area (Å²) >= 11 is 0. The van der Waals surface area contributed by atoms with Crippen LogP contribution in [0.5, 0.6) is 0 Å². The van der Waals surface area contributed by atoms with E-state index in [2.05, 4.69) is 4.74 Å². The monoisotopic (exact) mass is 500 g/mol. The van der Waals surface area contributed by atoms with E-state index in [-0.39, 0.29) is 22.6 Å². The number of aryl methyl sites for hydroxylation is 2. The first-order valence-electron chi connectivity index (χ1n) is 11.5. The molecule has 1 aliphatic rings. The zero-order chi connectivity index (χ0) is 26.2. The van der Waals surface area contributed by atoms with Crippen molar-refractivity contribution in [3.63, 3.8) is 0 Å². The molecular weight excluding hydrogens is 468 g/mol. The molecule has 1 aliphatic heterocycles. The molecule has 0 N–H and O–H groups in total. The molecule has 1 heterocycles. The molecule has 9 heteroatoms. The Bertz CT molecular complexity index is 1260. The highest BCUT2D eigenvalue weighted by molar-refractivity contribution is 7.89. The lowest BCUT2D eigenvalue weighted by atomic mass is 10.0. The number of benzene rings is 2. The quantitative estimate of drug-likeness (QED) is 0.423. The van der Waals surface area contributed by atoms with Crippen LogP contribution in [0.4, 0.5) is 5.69 Å². The molecule has 1 saturated heterocycles. The third-order valence-corrected chi connectivity index (χ3v) is 9.13. The molecule has 2 unspecified atom stereocenters. The second kappa shape index (κ2) is 9.91. The Morgan fingerprint density at radius 3 is 2.11 bits per heavy atom. The van der Waals surface area contributed by atoms with E-state index in [1.54, 1.807) is 20.8 Å². The van der Waals surface area contributed by atoms with Gasteiger partial charge in [-0.25, -0.2) is 18.1 Å². The van der Waals surface area contributed by atoms with Crippen molar-refractivity contribution < 1.29 is 27.5 Å². The van der Waals surface area contributed by atoms with E-state index in [4.69, 9.17) is 0 Å². The number of anilines is 1. The maximum atomic E-state index is 14.1. The SMILES string of the molecule is CCC(C)N(C1CC(=O)N(c2ccc(C(=O)OC)cc2)C1=O)S(=O)(=O)c1c(C)c(C)cc(C)c1C. The fourth-order valence-electron chi connectivity index (χ4n) is 4.51. The number of nitrogens with zero attached hydrogens (tertiary/aromatic N) is 2. The molecule has 0 aromatic heterocycles. The summed E-state index contributed by atoms with van der Waals surface area (Å²) in [4.78, 5) is 39.4. The number of ether oxygens (including phenoxy) is 1. The average molecular weight is 501 g/mol. The summed E-state index contributed by atoms with van der Waals surface area (Å²) in [5.41, 5.74) is 3.50. The van der Waals surface area contributed by atoms with E-state index >= 15 is 0 Å². The van der Waals surface area contributed by atoms with Crippen LogP contribution in [0.2, 0.25) is 0 Å². The number of amides is 2. The van der Waals surface area contributed by atoms with Crippen LogP contribution in [0.3, 0.4) is 0 Å². The van der Waals surface area contributed by atoms with E-state index in [0.717, 1.165) is 16.0 Å². The van der Waals surface area contributed by atoms with E-state index < -0.39 is 39.9 Å². The Hall–Kier alpha value is -3.04. The van der Waals surface area contributed by atoms with Gasteiger partial charge >= 0.3 is 5.97 Å². The summed E-state index contributed by atoms with van der Waals surface area (Å²) in [6.45, 7) is 10.8. The molecule has 1 fully saturated rings. The highest BCUT2D eigenvalue weighted by atomic mass is 32.2. The van der Waals surface area contributed by atoms with Gasteiger partial charge < -0.3 is 4.74 Å². The lowest BCUT2D eigenvalue weighted by Gasteiger charge is -2.33. The van der Waals surface area contributed by atoms with E-state index in [1.807, 2.05) is 26.8 Å². The standard InChI is InChI=1S/C26H32N2O6S/c1-8-17(4)28(35(32,33)24-18(5)15(2)13-16(3)19(24)6)22-14-23(29)27(25(22)30)21-11-9-20(10-12-21)26(31)34-7/h9-13,17,22H,8,14H2,1-7H3. The Kier molecular flexibility index (Phi) is 7.52. The van der Waals surface area contributed by atoms with Crippen LogP contribution in [0.25, 0.3) is 0 Å². The summed E-state index contributed by atoms with van der Waals surface area (Å²) in [5.74, 6) is -1.64. The van der Waals surface area contributed by atoms with Gasteiger partial charge in [0.05, 0.1) is 29.7 Å². The van der Waals surface area contributed by atoms with Gasteiger partial charge in [-0.1, -0.05) is 13.0 Å². The van der Waals surface area contributed by atoms with Crippen LogP contribution in [-0.4, -0.2) is 49.7 Å². The molecule has 3 rings (SSSR count). The number of rotatable bonds is 7. The van der Waals surface area contributed by atoms with E-state index in [1.165, 1.54) is 35.7 Å². The molecule has 2 aromatic carbocycles. The first-order chi connectivity index (χ1) is 16.4. The van der Waals surface area contributed by atoms with Gasteiger partial charge in [0.1, 0.15) is 6.04 Å². The smallest absolute Gasteiger partial charge is 0.337 e.